The number of aromatic nitrogens is 4. The molecule has 0 saturated heterocycles. The lowest BCUT2D eigenvalue weighted by atomic mass is 10.1. The summed E-state index contributed by atoms with van der Waals surface area (Å²) in [6.07, 6.45) is 4.03. The van der Waals surface area contributed by atoms with E-state index < -0.39 is 0 Å². The monoisotopic (exact) mass is 290 g/mol. The summed E-state index contributed by atoms with van der Waals surface area (Å²) in [7, 11) is 0. The minimum atomic E-state index is 0.292. The highest BCUT2D eigenvalue weighted by molar-refractivity contribution is 5.87. The summed E-state index contributed by atoms with van der Waals surface area (Å²) in [6, 6.07) is 0. The zero-order valence-electron chi connectivity index (χ0n) is 13.4. The third kappa shape index (κ3) is 4.06. The number of fused-ring (bicyclic) bond motifs is 1. The Morgan fingerprint density at radius 2 is 1.71 bits per heavy atom. The quantitative estimate of drug-likeness (QED) is 0.819. The fourth-order valence-electron chi connectivity index (χ4n) is 2.23. The Kier molecular flexibility index (Phi) is 4.98. The van der Waals surface area contributed by atoms with Gasteiger partial charge in [0.1, 0.15) is 5.82 Å². The van der Waals surface area contributed by atoms with Crippen LogP contribution in [0.3, 0.4) is 0 Å². The normalized spacial score (nSPS) is 11.7. The third-order valence-corrected chi connectivity index (χ3v) is 3.56. The molecule has 2 heterocycles. The van der Waals surface area contributed by atoms with Gasteiger partial charge in [-0.25, -0.2) is 0 Å². The van der Waals surface area contributed by atoms with Crippen molar-refractivity contribution >= 4 is 22.8 Å². The molecule has 2 rings (SSSR count). The molecule has 116 valence electrons. The van der Waals surface area contributed by atoms with Crippen LogP contribution < -0.4 is 10.6 Å². The van der Waals surface area contributed by atoms with Gasteiger partial charge in [0.05, 0.1) is 11.6 Å². The summed E-state index contributed by atoms with van der Waals surface area (Å²) in [5, 5.41) is 7.89. The standard InChI is InChI=1S/C15H26N6/c1-10(2)5-7-21(8-6-11(3)4)14-12-9-17-20-13(12)18-15(16)19-14/h9-11H,5-8H2,1-4H3,(H3,16,17,18,19,20). The van der Waals surface area contributed by atoms with Crippen molar-refractivity contribution in [3.8, 4) is 0 Å². The Labute approximate surface area is 126 Å². The van der Waals surface area contributed by atoms with Crippen molar-refractivity contribution in [3.63, 3.8) is 0 Å². The van der Waals surface area contributed by atoms with Gasteiger partial charge in [-0.3, -0.25) is 5.10 Å². The second kappa shape index (κ2) is 6.74. The van der Waals surface area contributed by atoms with E-state index in [2.05, 4.69) is 52.8 Å². The van der Waals surface area contributed by atoms with Crippen molar-refractivity contribution in [2.45, 2.75) is 40.5 Å². The predicted octanol–water partition coefficient (Wildman–Crippen LogP) is 2.83. The first-order chi connectivity index (χ1) is 9.97. The van der Waals surface area contributed by atoms with Gasteiger partial charge in [0.15, 0.2) is 5.65 Å². The number of nitrogens with zero attached hydrogens (tertiary/aromatic N) is 4. The second-order valence-corrected chi connectivity index (χ2v) is 6.39. The maximum atomic E-state index is 5.84. The zero-order chi connectivity index (χ0) is 15.4. The van der Waals surface area contributed by atoms with Crippen LogP contribution in [0.15, 0.2) is 6.20 Å². The Hall–Kier alpha value is -1.85. The lowest BCUT2D eigenvalue weighted by Crippen LogP contribution is -2.29. The highest BCUT2D eigenvalue weighted by Crippen LogP contribution is 2.24. The van der Waals surface area contributed by atoms with Crippen LogP contribution >= 0.6 is 0 Å². The summed E-state index contributed by atoms with van der Waals surface area (Å²) < 4.78 is 0. The lowest BCUT2D eigenvalue weighted by molar-refractivity contribution is 0.534. The van der Waals surface area contributed by atoms with Gasteiger partial charge in [-0.15, -0.1) is 0 Å². The average Bonchev–Trinajstić information content (AvgIpc) is 2.85. The molecule has 6 heteroatoms. The fourth-order valence-corrected chi connectivity index (χ4v) is 2.23. The van der Waals surface area contributed by atoms with Crippen LogP contribution in [-0.2, 0) is 0 Å². The SMILES string of the molecule is CC(C)CCN(CCC(C)C)c1nc(N)nc2[nH]ncc12. The first-order valence-electron chi connectivity index (χ1n) is 7.69. The van der Waals surface area contributed by atoms with Gasteiger partial charge in [0.2, 0.25) is 5.95 Å². The number of anilines is 2. The molecule has 0 saturated carbocycles. The maximum absolute atomic E-state index is 5.84. The van der Waals surface area contributed by atoms with E-state index in [1.165, 1.54) is 0 Å². The topological polar surface area (TPSA) is 83.7 Å². The van der Waals surface area contributed by atoms with E-state index in [1.54, 1.807) is 6.20 Å². The smallest absolute Gasteiger partial charge is 0.224 e. The van der Waals surface area contributed by atoms with Crippen molar-refractivity contribution < 1.29 is 0 Å². The van der Waals surface area contributed by atoms with E-state index in [0.29, 0.717) is 23.4 Å². The molecule has 2 aromatic heterocycles. The number of nitrogens with two attached hydrogens (primary N) is 1. The van der Waals surface area contributed by atoms with Crippen molar-refractivity contribution in [1.29, 1.82) is 0 Å². The van der Waals surface area contributed by atoms with E-state index in [-0.39, 0.29) is 0 Å². The maximum Gasteiger partial charge on any atom is 0.224 e. The Morgan fingerprint density at radius 1 is 1.10 bits per heavy atom. The van der Waals surface area contributed by atoms with E-state index in [0.717, 1.165) is 37.1 Å². The molecule has 0 spiro atoms. The molecule has 6 nitrogen and oxygen atoms in total. The summed E-state index contributed by atoms with van der Waals surface area (Å²) in [5.41, 5.74) is 6.54. The number of nitrogens with one attached hydrogen (secondary N) is 1. The molecular weight excluding hydrogens is 264 g/mol. The molecular formula is C15H26N6. The summed E-state index contributed by atoms with van der Waals surface area (Å²) in [4.78, 5) is 11.0. The van der Waals surface area contributed by atoms with Crippen LogP contribution in [0.25, 0.3) is 11.0 Å². The Balaban J connectivity index is 2.29. The molecule has 0 fully saturated rings. The molecule has 0 unspecified atom stereocenters. The third-order valence-electron chi connectivity index (χ3n) is 3.56. The van der Waals surface area contributed by atoms with Crippen molar-refractivity contribution in [3.05, 3.63) is 6.20 Å². The van der Waals surface area contributed by atoms with Crippen LogP contribution in [0.1, 0.15) is 40.5 Å². The van der Waals surface area contributed by atoms with Gasteiger partial charge in [-0.1, -0.05) is 27.7 Å². The largest absolute Gasteiger partial charge is 0.368 e. The van der Waals surface area contributed by atoms with Gasteiger partial charge >= 0.3 is 0 Å². The van der Waals surface area contributed by atoms with Crippen molar-refractivity contribution in [1.82, 2.24) is 20.2 Å². The highest BCUT2D eigenvalue weighted by atomic mass is 15.2. The number of aromatic amines is 1. The lowest BCUT2D eigenvalue weighted by Gasteiger charge is -2.26. The number of rotatable bonds is 7. The van der Waals surface area contributed by atoms with Crippen molar-refractivity contribution in [2.24, 2.45) is 11.8 Å². The van der Waals surface area contributed by atoms with Crippen LogP contribution in [0.5, 0.6) is 0 Å². The molecule has 21 heavy (non-hydrogen) atoms. The first kappa shape index (κ1) is 15.5. The molecule has 3 N–H and O–H groups in total. The van der Waals surface area contributed by atoms with E-state index >= 15 is 0 Å². The summed E-state index contributed by atoms with van der Waals surface area (Å²) >= 11 is 0. The summed E-state index contributed by atoms with van der Waals surface area (Å²) in [6.45, 7) is 10.9. The molecule has 2 aromatic rings. The number of H-pyrrole nitrogens is 1. The van der Waals surface area contributed by atoms with Gasteiger partial charge in [0, 0.05) is 13.1 Å². The molecule has 0 aromatic carbocycles. The zero-order valence-corrected chi connectivity index (χ0v) is 13.4. The Morgan fingerprint density at radius 3 is 2.29 bits per heavy atom. The first-order valence-corrected chi connectivity index (χ1v) is 7.69. The minimum Gasteiger partial charge on any atom is -0.368 e. The van der Waals surface area contributed by atoms with E-state index in [4.69, 9.17) is 5.73 Å². The van der Waals surface area contributed by atoms with Gasteiger partial charge < -0.3 is 10.6 Å². The molecule has 0 aliphatic heterocycles. The van der Waals surface area contributed by atoms with Crippen LogP contribution in [-0.4, -0.2) is 33.3 Å². The predicted molar refractivity (Wildman–Crippen MR) is 87.2 cm³/mol. The molecule has 0 radical (unpaired) electrons. The van der Waals surface area contributed by atoms with Crippen molar-refractivity contribution in [2.75, 3.05) is 23.7 Å². The minimum absolute atomic E-state index is 0.292. The number of nitrogen functional groups attached to an aromatic ring is 1. The van der Waals surface area contributed by atoms with E-state index in [9.17, 15) is 0 Å². The Bertz CT molecular complexity index is 563. The number of hydrogen-bond acceptors (Lipinski definition) is 5. The number of hydrogen-bond donors (Lipinski definition) is 2. The average molecular weight is 290 g/mol. The van der Waals surface area contributed by atoms with Crippen LogP contribution in [0.2, 0.25) is 0 Å². The van der Waals surface area contributed by atoms with Gasteiger partial charge in [-0.2, -0.15) is 15.1 Å². The van der Waals surface area contributed by atoms with Gasteiger partial charge in [0.25, 0.3) is 0 Å². The molecule has 0 aliphatic carbocycles. The summed E-state index contributed by atoms with van der Waals surface area (Å²) in [5.74, 6) is 2.50. The van der Waals surface area contributed by atoms with E-state index in [1.807, 2.05) is 0 Å². The molecule has 0 bridgehead atoms. The molecule has 0 aliphatic rings. The van der Waals surface area contributed by atoms with Gasteiger partial charge in [-0.05, 0) is 24.7 Å². The molecule has 0 atom stereocenters. The molecule has 0 amide bonds. The van der Waals surface area contributed by atoms with Crippen LogP contribution in [0.4, 0.5) is 11.8 Å². The van der Waals surface area contributed by atoms with Crippen LogP contribution in [0, 0.1) is 11.8 Å². The second-order valence-electron chi connectivity index (χ2n) is 6.39. The highest BCUT2D eigenvalue weighted by Gasteiger charge is 2.16. The fraction of sp³-hybridized carbons (Fsp3) is 0.667.